The van der Waals surface area contributed by atoms with Crippen LogP contribution < -0.4 is 5.32 Å². The molecule has 30 heavy (non-hydrogen) atoms. The number of carbonyl (C=O) groups excluding carboxylic acids is 3. The summed E-state index contributed by atoms with van der Waals surface area (Å²) >= 11 is 1.37. The maximum Gasteiger partial charge on any atom is 0.238 e. The number of nitrogens with one attached hydrogen (secondary N) is 1. The average Bonchev–Trinajstić information content (AvgIpc) is 2.75. The highest BCUT2D eigenvalue weighted by Crippen LogP contribution is 2.37. The topological polar surface area (TPSA) is 66.5 Å². The number of thioether (sulfide) groups is 1. The molecule has 2 aromatic carbocycles. The molecule has 1 atom stereocenters. The van der Waals surface area contributed by atoms with Gasteiger partial charge in [0.15, 0.2) is 5.78 Å². The molecule has 2 heterocycles. The van der Waals surface area contributed by atoms with E-state index in [1.807, 2.05) is 24.3 Å². The molecule has 2 aliphatic rings. The second-order valence-corrected chi connectivity index (χ2v) is 8.68. The highest BCUT2D eigenvalue weighted by Gasteiger charge is 2.33. The first-order valence-corrected chi connectivity index (χ1v) is 10.6. The van der Waals surface area contributed by atoms with Crippen molar-refractivity contribution < 1.29 is 23.2 Å². The number of Topliss-reactive ketones (excluding diaryl/α,β-unsaturated/α-hetero) is 1. The first-order chi connectivity index (χ1) is 14.4. The Labute approximate surface area is 176 Å². The molecule has 0 radical (unpaired) electrons. The van der Waals surface area contributed by atoms with Gasteiger partial charge in [-0.1, -0.05) is 12.1 Å². The van der Waals surface area contributed by atoms with Gasteiger partial charge in [-0.2, -0.15) is 0 Å². The first kappa shape index (κ1) is 20.5. The van der Waals surface area contributed by atoms with Gasteiger partial charge in [0.25, 0.3) is 0 Å². The highest BCUT2D eigenvalue weighted by atomic mass is 32.2. The Morgan fingerprint density at radius 1 is 1.10 bits per heavy atom. The van der Waals surface area contributed by atoms with E-state index in [9.17, 15) is 23.2 Å². The number of carbonyl (C=O) groups is 3. The highest BCUT2D eigenvalue weighted by molar-refractivity contribution is 8.01. The van der Waals surface area contributed by atoms with Crippen LogP contribution in [-0.2, 0) is 9.59 Å². The predicted octanol–water partition coefficient (Wildman–Crippen LogP) is 3.89. The van der Waals surface area contributed by atoms with Gasteiger partial charge in [0.2, 0.25) is 11.8 Å². The Hall–Kier alpha value is -2.74. The van der Waals surface area contributed by atoms with Crippen LogP contribution in [0.25, 0.3) is 0 Å². The van der Waals surface area contributed by atoms with Crippen molar-refractivity contribution >= 4 is 35.0 Å². The van der Waals surface area contributed by atoms with Gasteiger partial charge in [-0.15, -0.1) is 11.8 Å². The summed E-state index contributed by atoms with van der Waals surface area (Å²) < 4.78 is 27.3. The summed E-state index contributed by atoms with van der Waals surface area (Å²) in [5.41, 5.74) is 0.508. The van der Waals surface area contributed by atoms with Crippen molar-refractivity contribution in [2.75, 3.05) is 18.4 Å². The van der Waals surface area contributed by atoms with Crippen molar-refractivity contribution in [3.8, 4) is 0 Å². The smallest absolute Gasteiger partial charge is 0.238 e. The molecule has 0 saturated carbocycles. The average molecular weight is 430 g/mol. The van der Waals surface area contributed by atoms with Gasteiger partial charge >= 0.3 is 0 Å². The molecule has 4 rings (SSSR count). The van der Waals surface area contributed by atoms with Crippen molar-refractivity contribution in [3.63, 3.8) is 0 Å². The van der Waals surface area contributed by atoms with Gasteiger partial charge in [-0.3, -0.25) is 14.4 Å². The van der Waals surface area contributed by atoms with Gasteiger partial charge in [0.05, 0.1) is 16.5 Å². The number of benzene rings is 2. The number of para-hydroxylation sites is 1. The summed E-state index contributed by atoms with van der Waals surface area (Å²) in [5.74, 6) is -2.62. The fourth-order valence-corrected chi connectivity index (χ4v) is 4.91. The quantitative estimate of drug-likeness (QED) is 0.748. The van der Waals surface area contributed by atoms with Crippen LogP contribution in [0.5, 0.6) is 0 Å². The van der Waals surface area contributed by atoms with Gasteiger partial charge in [-0.05, 0) is 43.2 Å². The second kappa shape index (κ2) is 8.55. The minimum absolute atomic E-state index is 0.0714. The number of nitrogens with zero attached hydrogens (tertiary/aromatic N) is 1. The van der Waals surface area contributed by atoms with Gasteiger partial charge in [0.1, 0.15) is 11.6 Å². The van der Waals surface area contributed by atoms with E-state index in [4.69, 9.17) is 0 Å². The lowest BCUT2D eigenvalue weighted by atomic mass is 9.88. The fraction of sp³-hybridized carbons (Fsp3) is 0.318. The molecule has 2 aromatic rings. The molecule has 8 heteroatoms. The monoisotopic (exact) mass is 430 g/mol. The van der Waals surface area contributed by atoms with Crippen molar-refractivity contribution in [2.24, 2.45) is 5.92 Å². The zero-order chi connectivity index (χ0) is 21.3. The van der Waals surface area contributed by atoms with Crippen molar-refractivity contribution in [3.05, 3.63) is 59.7 Å². The molecule has 1 saturated heterocycles. The van der Waals surface area contributed by atoms with Gasteiger partial charge in [-0.25, -0.2) is 8.78 Å². The molecule has 2 amide bonds. The molecule has 1 unspecified atom stereocenters. The van der Waals surface area contributed by atoms with E-state index in [-0.39, 0.29) is 23.8 Å². The van der Waals surface area contributed by atoms with Crippen LogP contribution in [0, 0.1) is 17.6 Å². The molecular formula is C22H20F2N2O3S. The van der Waals surface area contributed by atoms with E-state index < -0.39 is 28.6 Å². The third-order valence-corrected chi connectivity index (χ3v) is 6.75. The molecule has 1 fully saturated rings. The Balaban J connectivity index is 1.34. The van der Waals surface area contributed by atoms with Gasteiger partial charge in [0, 0.05) is 30.3 Å². The number of halogens is 2. The molecule has 0 bridgehead atoms. The Bertz CT molecular complexity index is 1010. The molecule has 0 spiro atoms. The van der Waals surface area contributed by atoms with E-state index in [1.54, 1.807) is 4.90 Å². The molecule has 5 nitrogen and oxygen atoms in total. The van der Waals surface area contributed by atoms with Crippen LogP contribution in [-0.4, -0.2) is 40.8 Å². The lowest BCUT2D eigenvalue weighted by Crippen LogP contribution is -2.42. The fourth-order valence-electron chi connectivity index (χ4n) is 3.81. The van der Waals surface area contributed by atoms with Crippen LogP contribution in [0.4, 0.5) is 14.5 Å². The first-order valence-electron chi connectivity index (χ1n) is 9.76. The third kappa shape index (κ3) is 4.23. The molecule has 156 valence electrons. The molecular weight excluding hydrogens is 410 g/mol. The summed E-state index contributed by atoms with van der Waals surface area (Å²) in [6.07, 6.45) is 0.836. The summed E-state index contributed by atoms with van der Waals surface area (Å²) in [5, 5.41) is 2.32. The Morgan fingerprint density at radius 3 is 2.60 bits per heavy atom. The number of ketones is 1. The number of likely N-dealkylation sites (tertiary alicyclic amines) is 1. The van der Waals surface area contributed by atoms with Crippen molar-refractivity contribution in [1.29, 1.82) is 0 Å². The van der Waals surface area contributed by atoms with Crippen molar-refractivity contribution in [1.82, 2.24) is 4.90 Å². The maximum absolute atomic E-state index is 13.9. The predicted molar refractivity (Wildman–Crippen MR) is 109 cm³/mol. The number of amides is 2. The van der Waals surface area contributed by atoms with Crippen LogP contribution in [0.1, 0.15) is 29.6 Å². The third-order valence-electron chi connectivity index (χ3n) is 5.48. The standard InChI is InChI=1S/C22H20F2N2O3S/c23-14-5-6-16(24)15(11-14)21(28)13-7-9-26(10-8-13)20(27)12-19-22(29)25-17-3-1-2-4-18(17)30-19/h1-6,11,13,19H,7-10,12H2,(H,25,29). The zero-order valence-electron chi connectivity index (χ0n) is 16.1. The summed E-state index contributed by atoms with van der Waals surface area (Å²) in [7, 11) is 0. The van der Waals surface area contributed by atoms with Crippen LogP contribution in [0.3, 0.4) is 0 Å². The van der Waals surface area contributed by atoms with Crippen molar-refractivity contribution in [2.45, 2.75) is 29.4 Å². The van der Waals surface area contributed by atoms with E-state index in [0.29, 0.717) is 25.9 Å². The number of piperidine rings is 1. The normalized spacial score (nSPS) is 19.2. The number of rotatable bonds is 4. The summed E-state index contributed by atoms with van der Waals surface area (Å²) in [6.45, 7) is 0.698. The minimum atomic E-state index is -0.736. The van der Waals surface area contributed by atoms with E-state index in [1.165, 1.54) is 11.8 Å². The number of anilines is 1. The van der Waals surface area contributed by atoms with Crippen LogP contribution in [0.15, 0.2) is 47.4 Å². The Morgan fingerprint density at radius 2 is 1.83 bits per heavy atom. The number of fused-ring (bicyclic) bond motifs is 1. The minimum Gasteiger partial charge on any atom is -0.343 e. The number of hydrogen-bond donors (Lipinski definition) is 1. The zero-order valence-corrected chi connectivity index (χ0v) is 16.9. The lowest BCUT2D eigenvalue weighted by molar-refractivity contribution is -0.133. The van der Waals surface area contributed by atoms with E-state index in [0.717, 1.165) is 28.8 Å². The van der Waals surface area contributed by atoms with E-state index in [2.05, 4.69) is 5.32 Å². The number of hydrogen-bond acceptors (Lipinski definition) is 4. The second-order valence-electron chi connectivity index (χ2n) is 7.44. The molecule has 1 N–H and O–H groups in total. The lowest BCUT2D eigenvalue weighted by Gasteiger charge is -2.33. The largest absolute Gasteiger partial charge is 0.343 e. The molecule has 2 aliphatic heterocycles. The van der Waals surface area contributed by atoms with Crippen LogP contribution in [0.2, 0.25) is 0 Å². The summed E-state index contributed by atoms with van der Waals surface area (Å²) in [4.78, 5) is 40.2. The molecule has 0 aliphatic carbocycles. The Kier molecular flexibility index (Phi) is 5.85. The van der Waals surface area contributed by atoms with Crippen LogP contribution >= 0.6 is 11.8 Å². The van der Waals surface area contributed by atoms with E-state index >= 15 is 0 Å². The van der Waals surface area contributed by atoms with Gasteiger partial charge < -0.3 is 10.2 Å². The maximum atomic E-state index is 13.9. The summed E-state index contributed by atoms with van der Waals surface area (Å²) in [6, 6.07) is 10.3. The SMILES string of the molecule is O=C(c1cc(F)ccc1F)C1CCN(C(=O)CC2Sc3ccccc3NC2=O)CC1. The molecule has 0 aromatic heterocycles.